The molecule has 3 saturated carbocycles. The average Bonchev–Trinajstić information content (AvgIpc) is 3.22. The second-order valence-corrected chi connectivity index (χ2v) is 12.8. The predicted octanol–water partition coefficient (Wildman–Crippen LogP) is 3.25. The van der Waals surface area contributed by atoms with Crippen LogP contribution in [0.25, 0.3) is 0 Å². The molecule has 220 valence electrons. The van der Waals surface area contributed by atoms with Gasteiger partial charge in [0.15, 0.2) is 12.4 Å². The SMILES string of the molecule is C[C@]12C=CC(=O)C=C1CC[C@@H]1[C@@H]2[C@@H](O)C[C@@]2(C)[C@H]1CC[C@]2(O)C(=O)COC(=O)CCC(=O)NCCc1ccccc1. The maximum Gasteiger partial charge on any atom is 0.306 e. The third kappa shape index (κ3) is 5.32. The Labute approximate surface area is 241 Å². The molecule has 5 rings (SSSR count). The molecule has 0 saturated heterocycles. The van der Waals surface area contributed by atoms with Crippen molar-refractivity contribution in [3.63, 3.8) is 0 Å². The van der Waals surface area contributed by atoms with Crippen LogP contribution in [0.5, 0.6) is 0 Å². The van der Waals surface area contributed by atoms with E-state index in [9.17, 15) is 29.4 Å². The molecule has 3 N–H and O–H groups in total. The summed E-state index contributed by atoms with van der Waals surface area (Å²) in [6.45, 7) is 3.87. The molecule has 4 aliphatic carbocycles. The Morgan fingerprint density at radius 3 is 2.61 bits per heavy atom. The molecular formula is C33H41NO7. The lowest BCUT2D eigenvalue weighted by Gasteiger charge is -2.59. The maximum atomic E-state index is 13.4. The van der Waals surface area contributed by atoms with E-state index in [4.69, 9.17) is 4.74 Å². The number of amides is 1. The Balaban J connectivity index is 1.15. The van der Waals surface area contributed by atoms with Crippen LogP contribution in [0.15, 0.2) is 54.1 Å². The van der Waals surface area contributed by atoms with Gasteiger partial charge in [-0.3, -0.25) is 19.2 Å². The fraction of sp³-hybridized carbons (Fsp3) is 0.576. The number of ether oxygens (including phenoxy) is 1. The summed E-state index contributed by atoms with van der Waals surface area (Å²) in [4.78, 5) is 49.9. The number of aliphatic hydroxyl groups excluding tert-OH is 1. The van der Waals surface area contributed by atoms with Gasteiger partial charge in [-0.2, -0.15) is 0 Å². The highest BCUT2D eigenvalue weighted by atomic mass is 16.5. The van der Waals surface area contributed by atoms with Crippen LogP contribution in [0.1, 0.15) is 64.4 Å². The number of allylic oxidation sites excluding steroid dienone is 4. The fourth-order valence-electron chi connectivity index (χ4n) is 8.42. The van der Waals surface area contributed by atoms with E-state index in [0.717, 1.165) is 24.0 Å². The summed E-state index contributed by atoms with van der Waals surface area (Å²) >= 11 is 0. The summed E-state index contributed by atoms with van der Waals surface area (Å²) in [6, 6.07) is 9.76. The summed E-state index contributed by atoms with van der Waals surface area (Å²) in [6.07, 6.45) is 7.63. The van der Waals surface area contributed by atoms with Crippen LogP contribution in [0, 0.1) is 28.6 Å². The minimum atomic E-state index is -1.71. The highest BCUT2D eigenvalue weighted by Crippen LogP contribution is 2.67. The van der Waals surface area contributed by atoms with E-state index in [-0.39, 0.29) is 55.1 Å². The molecule has 1 aromatic rings. The average molecular weight is 564 g/mol. The van der Waals surface area contributed by atoms with Gasteiger partial charge in [0.05, 0.1) is 12.5 Å². The van der Waals surface area contributed by atoms with Gasteiger partial charge in [0.1, 0.15) is 5.60 Å². The molecule has 0 heterocycles. The van der Waals surface area contributed by atoms with Crippen molar-refractivity contribution in [1.29, 1.82) is 0 Å². The first-order valence-electron chi connectivity index (χ1n) is 14.8. The highest BCUT2D eigenvalue weighted by Gasteiger charge is 2.68. The van der Waals surface area contributed by atoms with Gasteiger partial charge in [-0.15, -0.1) is 0 Å². The normalized spacial score (nSPS) is 35.5. The van der Waals surface area contributed by atoms with E-state index in [0.29, 0.717) is 19.4 Å². The number of rotatable bonds is 9. The second kappa shape index (κ2) is 11.3. The lowest BCUT2D eigenvalue weighted by atomic mass is 9.46. The largest absolute Gasteiger partial charge is 0.458 e. The Morgan fingerprint density at radius 2 is 1.85 bits per heavy atom. The smallest absolute Gasteiger partial charge is 0.306 e. The number of nitrogens with one attached hydrogen (secondary N) is 1. The highest BCUT2D eigenvalue weighted by molar-refractivity contribution is 6.01. The monoisotopic (exact) mass is 563 g/mol. The molecule has 1 amide bonds. The van der Waals surface area contributed by atoms with Gasteiger partial charge in [-0.1, -0.05) is 55.8 Å². The molecule has 0 radical (unpaired) electrons. The molecule has 8 heteroatoms. The number of aliphatic hydroxyl groups is 2. The van der Waals surface area contributed by atoms with Gasteiger partial charge in [0.25, 0.3) is 0 Å². The van der Waals surface area contributed by atoms with Gasteiger partial charge >= 0.3 is 5.97 Å². The third-order valence-electron chi connectivity index (χ3n) is 10.6. The molecule has 3 fully saturated rings. The van der Waals surface area contributed by atoms with Gasteiger partial charge in [0, 0.05) is 29.7 Å². The quantitative estimate of drug-likeness (QED) is 0.393. The third-order valence-corrected chi connectivity index (χ3v) is 10.6. The van der Waals surface area contributed by atoms with Gasteiger partial charge in [-0.05, 0) is 68.1 Å². The Kier molecular flexibility index (Phi) is 8.09. The lowest BCUT2D eigenvalue weighted by Crippen LogP contribution is -2.61. The van der Waals surface area contributed by atoms with E-state index in [2.05, 4.69) is 12.2 Å². The number of esters is 1. The molecule has 0 aliphatic heterocycles. The zero-order valence-corrected chi connectivity index (χ0v) is 23.9. The fourth-order valence-corrected chi connectivity index (χ4v) is 8.42. The maximum absolute atomic E-state index is 13.4. The molecule has 41 heavy (non-hydrogen) atoms. The van der Waals surface area contributed by atoms with Crippen LogP contribution in [0.4, 0.5) is 0 Å². The lowest BCUT2D eigenvalue weighted by molar-refractivity contribution is -0.181. The van der Waals surface area contributed by atoms with E-state index in [1.165, 1.54) is 0 Å². The Bertz CT molecular complexity index is 1270. The molecule has 4 aliphatic rings. The molecule has 0 bridgehead atoms. The number of hydrogen-bond acceptors (Lipinski definition) is 7. The summed E-state index contributed by atoms with van der Waals surface area (Å²) in [5, 5.41) is 26.1. The minimum absolute atomic E-state index is 0.0181. The van der Waals surface area contributed by atoms with Crippen LogP contribution < -0.4 is 5.32 Å². The summed E-state index contributed by atoms with van der Waals surface area (Å²) in [7, 11) is 0. The van der Waals surface area contributed by atoms with Gasteiger partial charge < -0.3 is 20.3 Å². The zero-order chi connectivity index (χ0) is 29.4. The standard InChI is InChI=1S/C33H41NO7/c1-31-15-12-23(35)18-22(31)8-9-24-25-13-16-33(40,32(25,2)19-26(36)30(24)31)27(37)20-41-29(39)11-10-28(38)34-17-14-21-6-4-3-5-7-21/h3-7,12,15,18,24-26,30,36,40H,8-11,13-14,16-17,19-20H2,1-2H3,(H,34,38)/t24-,25-,26-,30+,31-,32-,33-/m0/s1. The summed E-state index contributed by atoms with van der Waals surface area (Å²) in [5.74, 6) is -1.50. The molecule has 0 aromatic heterocycles. The topological polar surface area (TPSA) is 130 Å². The van der Waals surface area contributed by atoms with Crippen molar-refractivity contribution >= 4 is 23.4 Å². The van der Waals surface area contributed by atoms with Crippen molar-refractivity contribution in [2.75, 3.05) is 13.2 Å². The molecule has 0 spiro atoms. The van der Waals surface area contributed by atoms with Crippen molar-refractivity contribution in [3.8, 4) is 0 Å². The van der Waals surface area contributed by atoms with Crippen LogP contribution in [-0.2, 0) is 30.3 Å². The Morgan fingerprint density at radius 1 is 1.10 bits per heavy atom. The number of fused-ring (bicyclic) bond motifs is 5. The minimum Gasteiger partial charge on any atom is -0.458 e. The number of hydrogen-bond donors (Lipinski definition) is 3. The van der Waals surface area contributed by atoms with Crippen molar-refractivity contribution in [3.05, 3.63) is 59.7 Å². The van der Waals surface area contributed by atoms with Crippen molar-refractivity contribution in [2.24, 2.45) is 28.6 Å². The first kappa shape index (κ1) is 29.4. The molecule has 7 atom stereocenters. The predicted molar refractivity (Wildman–Crippen MR) is 151 cm³/mol. The number of carbonyl (C=O) groups excluding carboxylic acids is 4. The summed E-state index contributed by atoms with van der Waals surface area (Å²) in [5.41, 5.74) is -0.842. The van der Waals surface area contributed by atoms with Crippen LogP contribution in [0.2, 0.25) is 0 Å². The van der Waals surface area contributed by atoms with Gasteiger partial charge in [-0.25, -0.2) is 0 Å². The first-order valence-corrected chi connectivity index (χ1v) is 14.8. The number of benzene rings is 1. The number of ketones is 2. The van der Waals surface area contributed by atoms with Crippen LogP contribution >= 0.6 is 0 Å². The molecule has 0 unspecified atom stereocenters. The zero-order valence-electron chi connectivity index (χ0n) is 23.9. The van der Waals surface area contributed by atoms with Crippen molar-refractivity contribution in [2.45, 2.75) is 76.9 Å². The van der Waals surface area contributed by atoms with E-state index in [1.807, 2.05) is 43.3 Å². The first-order chi connectivity index (χ1) is 19.5. The van der Waals surface area contributed by atoms with E-state index >= 15 is 0 Å². The molecular weight excluding hydrogens is 522 g/mol. The van der Waals surface area contributed by atoms with Gasteiger partial charge in [0.2, 0.25) is 11.7 Å². The number of Topliss-reactive ketones (excluding diaryl/α,β-unsaturated/α-hetero) is 1. The summed E-state index contributed by atoms with van der Waals surface area (Å²) < 4.78 is 5.22. The van der Waals surface area contributed by atoms with E-state index in [1.54, 1.807) is 12.2 Å². The van der Waals surface area contributed by atoms with E-state index < -0.39 is 40.9 Å². The van der Waals surface area contributed by atoms with Crippen molar-refractivity contribution < 1.29 is 34.1 Å². The Hall–Kier alpha value is -3.10. The number of carbonyl (C=O) groups is 4. The second-order valence-electron chi connectivity index (χ2n) is 12.8. The van der Waals surface area contributed by atoms with Crippen molar-refractivity contribution in [1.82, 2.24) is 5.32 Å². The molecule has 1 aromatic carbocycles. The van der Waals surface area contributed by atoms with Crippen LogP contribution in [-0.4, -0.2) is 58.5 Å². The molecule has 8 nitrogen and oxygen atoms in total. The van der Waals surface area contributed by atoms with Crippen LogP contribution in [0.3, 0.4) is 0 Å².